The van der Waals surface area contributed by atoms with E-state index in [1.807, 2.05) is 20.9 Å². The van der Waals surface area contributed by atoms with Crippen LogP contribution in [0.4, 0.5) is 11.4 Å². The predicted octanol–water partition coefficient (Wildman–Crippen LogP) is 0.693. The highest BCUT2D eigenvalue weighted by molar-refractivity contribution is 5.74. The summed E-state index contributed by atoms with van der Waals surface area (Å²) in [5, 5.41) is 10.4. The number of methoxy groups -OCH3 is 1. The van der Waals surface area contributed by atoms with E-state index in [0.29, 0.717) is 31.1 Å². The number of rotatable bonds is 8. The zero-order valence-corrected chi connectivity index (χ0v) is 13.4. The largest absolute Gasteiger partial charge is 0.385 e. The molecule has 0 unspecified atom stereocenters. The van der Waals surface area contributed by atoms with Crippen molar-refractivity contribution in [3.63, 3.8) is 0 Å². The fourth-order valence-electron chi connectivity index (χ4n) is 2.41. The Labute approximate surface area is 129 Å². The van der Waals surface area contributed by atoms with E-state index < -0.39 is 10.9 Å². The molecule has 2 N–H and O–H groups in total. The van der Waals surface area contributed by atoms with E-state index in [2.05, 4.69) is 15.7 Å². The van der Waals surface area contributed by atoms with E-state index in [0.717, 1.165) is 23.4 Å². The molecule has 7 heteroatoms. The summed E-state index contributed by atoms with van der Waals surface area (Å²) >= 11 is 0. The van der Waals surface area contributed by atoms with Crippen LogP contribution in [-0.4, -0.2) is 30.0 Å². The monoisotopic (exact) mass is 306 g/mol. The minimum Gasteiger partial charge on any atom is -0.385 e. The molecule has 0 saturated carbocycles. The second kappa shape index (κ2) is 6.74. The quantitative estimate of drug-likeness (QED) is 0.551. The molecule has 0 radical (unpaired) electrons. The Morgan fingerprint density at radius 2 is 1.77 bits per heavy atom. The molecular formula is C15H22N4O3. The fourth-order valence-corrected chi connectivity index (χ4v) is 2.41. The van der Waals surface area contributed by atoms with Crippen LogP contribution in [-0.2, 0) is 18.3 Å². The van der Waals surface area contributed by atoms with Crippen LogP contribution < -0.4 is 21.5 Å². The van der Waals surface area contributed by atoms with Crippen molar-refractivity contribution in [1.82, 2.24) is 9.78 Å². The smallest absolute Gasteiger partial charge is 0.253 e. The van der Waals surface area contributed by atoms with Crippen LogP contribution in [0, 0.1) is 13.8 Å². The van der Waals surface area contributed by atoms with Gasteiger partial charge in [-0.05, 0) is 20.3 Å². The van der Waals surface area contributed by atoms with E-state index in [1.165, 1.54) is 0 Å². The van der Waals surface area contributed by atoms with Gasteiger partial charge in [0.2, 0.25) is 0 Å². The normalized spacial score (nSPS) is 11.1. The summed E-state index contributed by atoms with van der Waals surface area (Å²) < 4.78 is 6.76. The van der Waals surface area contributed by atoms with E-state index in [1.54, 1.807) is 11.8 Å². The molecule has 0 amide bonds. The number of anilines is 2. The second-order valence-electron chi connectivity index (χ2n) is 5.31. The summed E-state index contributed by atoms with van der Waals surface area (Å²) in [7, 11) is 3.51. The molecule has 2 aromatic rings. The molecule has 2 rings (SSSR count). The van der Waals surface area contributed by atoms with Crippen LogP contribution in [0.5, 0.6) is 0 Å². The topological polar surface area (TPSA) is 85.2 Å². The first kappa shape index (κ1) is 16.2. The van der Waals surface area contributed by atoms with Gasteiger partial charge in [0.25, 0.3) is 10.9 Å². The average Bonchev–Trinajstić information content (AvgIpc) is 2.74. The van der Waals surface area contributed by atoms with Crippen molar-refractivity contribution in [2.45, 2.75) is 26.8 Å². The van der Waals surface area contributed by atoms with E-state index in [9.17, 15) is 9.59 Å². The van der Waals surface area contributed by atoms with Crippen molar-refractivity contribution in [2.24, 2.45) is 7.05 Å². The predicted molar refractivity (Wildman–Crippen MR) is 86.3 cm³/mol. The highest BCUT2D eigenvalue weighted by Crippen LogP contribution is 2.18. The van der Waals surface area contributed by atoms with E-state index >= 15 is 0 Å². The van der Waals surface area contributed by atoms with Crippen LogP contribution >= 0.6 is 0 Å². The number of hydrogen-bond acceptors (Lipinski definition) is 6. The minimum absolute atomic E-state index is 0.366. The lowest BCUT2D eigenvalue weighted by molar-refractivity contribution is 0.198. The van der Waals surface area contributed by atoms with Gasteiger partial charge in [-0.15, -0.1) is 0 Å². The highest BCUT2D eigenvalue weighted by Gasteiger charge is 2.21. The Morgan fingerprint density at radius 1 is 1.14 bits per heavy atom. The maximum absolute atomic E-state index is 11.7. The van der Waals surface area contributed by atoms with Crippen LogP contribution in [0.2, 0.25) is 0 Å². The Balaban J connectivity index is 2.03. The lowest BCUT2D eigenvalue weighted by Crippen LogP contribution is -2.37. The summed E-state index contributed by atoms with van der Waals surface area (Å²) in [5.74, 6) is 0. The zero-order chi connectivity index (χ0) is 16.3. The van der Waals surface area contributed by atoms with Crippen molar-refractivity contribution in [3.05, 3.63) is 37.4 Å². The summed E-state index contributed by atoms with van der Waals surface area (Å²) in [4.78, 5) is 23.3. The Bertz CT molecular complexity index is 726. The van der Waals surface area contributed by atoms with Gasteiger partial charge in [-0.1, -0.05) is 0 Å². The number of aromatic nitrogens is 2. The van der Waals surface area contributed by atoms with Gasteiger partial charge in [0.15, 0.2) is 0 Å². The number of ether oxygens (including phenoxy) is 1. The lowest BCUT2D eigenvalue weighted by atomic mass is 10.1. The first-order valence-corrected chi connectivity index (χ1v) is 7.26. The minimum atomic E-state index is -0.464. The summed E-state index contributed by atoms with van der Waals surface area (Å²) in [6, 6.07) is 0. The van der Waals surface area contributed by atoms with Gasteiger partial charge < -0.3 is 15.4 Å². The van der Waals surface area contributed by atoms with Gasteiger partial charge in [0.1, 0.15) is 11.4 Å². The Kier molecular flexibility index (Phi) is 4.97. The van der Waals surface area contributed by atoms with Gasteiger partial charge in [-0.3, -0.25) is 14.3 Å². The summed E-state index contributed by atoms with van der Waals surface area (Å²) in [6.07, 6.45) is 0.773. The number of aryl methyl sites for hydroxylation is 2. The number of nitrogens with zero attached hydrogens (tertiary/aromatic N) is 2. The van der Waals surface area contributed by atoms with Crippen LogP contribution in [0.1, 0.15) is 23.4 Å². The maximum atomic E-state index is 11.7. The molecule has 1 heterocycles. The first-order valence-electron chi connectivity index (χ1n) is 7.26. The average molecular weight is 306 g/mol. The first-order chi connectivity index (χ1) is 10.5. The van der Waals surface area contributed by atoms with Gasteiger partial charge in [0.05, 0.1) is 5.69 Å². The van der Waals surface area contributed by atoms with E-state index in [4.69, 9.17) is 4.74 Å². The zero-order valence-electron chi connectivity index (χ0n) is 13.4. The molecule has 1 aromatic heterocycles. The van der Waals surface area contributed by atoms with Crippen molar-refractivity contribution in [3.8, 4) is 0 Å². The molecular weight excluding hydrogens is 284 g/mol. The van der Waals surface area contributed by atoms with Crippen molar-refractivity contribution in [2.75, 3.05) is 30.9 Å². The second-order valence-corrected chi connectivity index (χ2v) is 5.31. The molecule has 0 fully saturated rings. The molecule has 0 spiro atoms. The highest BCUT2D eigenvalue weighted by atomic mass is 16.5. The molecule has 7 nitrogen and oxygen atoms in total. The third-order valence-electron chi connectivity index (χ3n) is 3.84. The van der Waals surface area contributed by atoms with Gasteiger partial charge in [0, 0.05) is 45.1 Å². The van der Waals surface area contributed by atoms with Crippen LogP contribution in [0.15, 0.2) is 9.59 Å². The maximum Gasteiger partial charge on any atom is 0.253 e. The van der Waals surface area contributed by atoms with Crippen LogP contribution in [0.3, 0.4) is 0 Å². The Hall–Kier alpha value is -2.15. The molecule has 0 aliphatic heterocycles. The van der Waals surface area contributed by atoms with Crippen LogP contribution in [0.25, 0.3) is 0 Å². The Morgan fingerprint density at radius 3 is 2.32 bits per heavy atom. The van der Waals surface area contributed by atoms with Crippen molar-refractivity contribution >= 4 is 11.4 Å². The molecule has 0 bridgehead atoms. The molecule has 0 aliphatic rings. The number of hydrogen-bond donors (Lipinski definition) is 2. The molecule has 0 saturated heterocycles. The standard InChI is InChI=1S/C15H22N4O3/c1-9-11(10(2)19(3)18-9)8-17-13-12(14(20)15(13)21)16-6-5-7-22-4/h16-17H,5-8H2,1-4H3. The van der Waals surface area contributed by atoms with Gasteiger partial charge >= 0.3 is 0 Å². The van der Waals surface area contributed by atoms with Crippen molar-refractivity contribution in [1.29, 1.82) is 0 Å². The van der Waals surface area contributed by atoms with E-state index in [-0.39, 0.29) is 0 Å². The number of nitrogens with one attached hydrogen (secondary N) is 2. The summed E-state index contributed by atoms with van der Waals surface area (Å²) in [6.45, 7) is 5.58. The third kappa shape index (κ3) is 3.04. The molecule has 0 atom stereocenters. The molecule has 0 aliphatic carbocycles. The molecule has 120 valence electrons. The third-order valence-corrected chi connectivity index (χ3v) is 3.84. The summed E-state index contributed by atoms with van der Waals surface area (Å²) in [5.41, 5.74) is 2.82. The molecule has 22 heavy (non-hydrogen) atoms. The fraction of sp³-hybridized carbons (Fsp3) is 0.533. The SMILES string of the molecule is COCCCNc1c(NCc2c(C)nn(C)c2C)c(=O)c1=O. The van der Waals surface area contributed by atoms with Crippen molar-refractivity contribution < 1.29 is 4.74 Å². The van der Waals surface area contributed by atoms with Gasteiger partial charge in [-0.25, -0.2) is 0 Å². The van der Waals surface area contributed by atoms with Gasteiger partial charge in [-0.2, -0.15) is 5.10 Å². The molecule has 1 aromatic carbocycles. The lowest BCUT2D eigenvalue weighted by Gasteiger charge is -2.15.